The minimum absolute atomic E-state index is 0.133. The molecule has 1 atom stereocenters. The highest BCUT2D eigenvalue weighted by atomic mass is 16.5. The van der Waals surface area contributed by atoms with Gasteiger partial charge in [-0.05, 0) is 20.3 Å². The molecular formula is C14H22O. The van der Waals surface area contributed by atoms with E-state index in [1.54, 1.807) is 0 Å². The van der Waals surface area contributed by atoms with E-state index < -0.39 is 0 Å². The Kier molecular flexibility index (Phi) is 10.3. The fourth-order valence-corrected chi connectivity index (χ4v) is 1.13. The maximum absolute atomic E-state index is 5.53. The van der Waals surface area contributed by atoms with Crippen molar-refractivity contribution in [3.8, 4) is 11.8 Å². The minimum Gasteiger partial charge on any atom is -0.373 e. The monoisotopic (exact) mass is 206 g/mol. The van der Waals surface area contributed by atoms with Gasteiger partial charge in [0.15, 0.2) is 0 Å². The van der Waals surface area contributed by atoms with Gasteiger partial charge in [-0.3, -0.25) is 0 Å². The first-order chi connectivity index (χ1) is 7.35. The van der Waals surface area contributed by atoms with Crippen molar-refractivity contribution in [2.75, 3.05) is 6.61 Å². The van der Waals surface area contributed by atoms with Crippen LogP contribution >= 0.6 is 0 Å². The van der Waals surface area contributed by atoms with E-state index in [1.165, 1.54) is 6.42 Å². The third kappa shape index (κ3) is 9.31. The third-order valence-electron chi connectivity index (χ3n) is 1.89. The maximum atomic E-state index is 5.53. The molecule has 0 bridgehead atoms. The maximum Gasteiger partial charge on any atom is 0.0867 e. The van der Waals surface area contributed by atoms with Crippen LogP contribution in [0.15, 0.2) is 24.3 Å². The number of ether oxygens (including phenoxy) is 1. The zero-order chi connectivity index (χ0) is 11.4. The fourth-order valence-electron chi connectivity index (χ4n) is 1.13. The minimum atomic E-state index is 0.133. The summed E-state index contributed by atoms with van der Waals surface area (Å²) in [6.45, 7) is 6.77. The number of hydrogen-bond donors (Lipinski definition) is 0. The van der Waals surface area contributed by atoms with Crippen LogP contribution in [0.4, 0.5) is 0 Å². The van der Waals surface area contributed by atoms with Gasteiger partial charge in [0, 0.05) is 13.0 Å². The molecule has 0 amide bonds. The Labute approximate surface area is 94.2 Å². The standard InChI is InChI=1S/C14H22O/c1-4-7-9-10-11-13-14(15-6-3)12-8-5-2/h9-11,13-14H,4,6-7,12H2,1-3H3. The van der Waals surface area contributed by atoms with E-state index in [1.807, 2.05) is 19.9 Å². The van der Waals surface area contributed by atoms with Crippen molar-refractivity contribution >= 4 is 0 Å². The smallest absolute Gasteiger partial charge is 0.0867 e. The molecule has 0 spiro atoms. The van der Waals surface area contributed by atoms with Gasteiger partial charge in [0.25, 0.3) is 0 Å². The fraction of sp³-hybridized carbons (Fsp3) is 0.571. The Morgan fingerprint density at radius 3 is 2.67 bits per heavy atom. The summed E-state index contributed by atoms with van der Waals surface area (Å²) in [5.41, 5.74) is 0. The number of rotatable bonds is 7. The molecule has 0 fully saturated rings. The van der Waals surface area contributed by atoms with Crippen molar-refractivity contribution in [2.24, 2.45) is 0 Å². The van der Waals surface area contributed by atoms with E-state index in [4.69, 9.17) is 4.74 Å². The summed E-state index contributed by atoms with van der Waals surface area (Å²) >= 11 is 0. The first-order valence-electron chi connectivity index (χ1n) is 5.69. The van der Waals surface area contributed by atoms with Gasteiger partial charge in [0.1, 0.15) is 0 Å². The summed E-state index contributed by atoms with van der Waals surface area (Å²) < 4.78 is 5.53. The largest absolute Gasteiger partial charge is 0.373 e. The molecule has 0 aromatic heterocycles. The summed E-state index contributed by atoms with van der Waals surface area (Å²) in [6.07, 6.45) is 11.6. The summed E-state index contributed by atoms with van der Waals surface area (Å²) in [7, 11) is 0. The van der Waals surface area contributed by atoms with Gasteiger partial charge in [-0.15, -0.1) is 11.8 Å². The predicted molar refractivity (Wildman–Crippen MR) is 66.7 cm³/mol. The molecule has 1 unspecified atom stereocenters. The second kappa shape index (κ2) is 11.1. The zero-order valence-electron chi connectivity index (χ0n) is 10.1. The quantitative estimate of drug-likeness (QED) is 0.455. The molecule has 1 heteroatoms. The second-order valence-electron chi connectivity index (χ2n) is 3.23. The van der Waals surface area contributed by atoms with E-state index in [2.05, 4.69) is 37.0 Å². The molecule has 1 nitrogen and oxygen atoms in total. The molecule has 0 aliphatic rings. The van der Waals surface area contributed by atoms with Crippen molar-refractivity contribution in [1.29, 1.82) is 0 Å². The Balaban J connectivity index is 3.95. The Morgan fingerprint density at radius 1 is 1.27 bits per heavy atom. The molecule has 15 heavy (non-hydrogen) atoms. The lowest BCUT2D eigenvalue weighted by atomic mass is 10.2. The molecule has 0 saturated heterocycles. The summed E-state index contributed by atoms with van der Waals surface area (Å²) in [5.74, 6) is 5.92. The van der Waals surface area contributed by atoms with Crippen LogP contribution in [0, 0.1) is 11.8 Å². The lowest BCUT2D eigenvalue weighted by Gasteiger charge is -2.08. The van der Waals surface area contributed by atoms with E-state index in [9.17, 15) is 0 Å². The van der Waals surface area contributed by atoms with E-state index in [0.29, 0.717) is 0 Å². The summed E-state index contributed by atoms with van der Waals surface area (Å²) in [6, 6.07) is 0. The Hall–Kier alpha value is -1.00. The molecule has 0 saturated carbocycles. The van der Waals surface area contributed by atoms with Crippen LogP contribution in [0.3, 0.4) is 0 Å². The van der Waals surface area contributed by atoms with Gasteiger partial charge in [-0.25, -0.2) is 0 Å². The first kappa shape index (κ1) is 14.0. The normalized spacial score (nSPS) is 13.0. The van der Waals surface area contributed by atoms with Crippen LogP contribution in [0.5, 0.6) is 0 Å². The zero-order valence-corrected chi connectivity index (χ0v) is 10.1. The molecule has 0 heterocycles. The summed E-state index contributed by atoms with van der Waals surface area (Å²) in [4.78, 5) is 0. The van der Waals surface area contributed by atoms with Crippen molar-refractivity contribution < 1.29 is 4.74 Å². The third-order valence-corrected chi connectivity index (χ3v) is 1.89. The topological polar surface area (TPSA) is 9.23 Å². The van der Waals surface area contributed by atoms with Gasteiger partial charge >= 0.3 is 0 Å². The molecular weight excluding hydrogens is 184 g/mol. The highest BCUT2D eigenvalue weighted by Crippen LogP contribution is 2.00. The van der Waals surface area contributed by atoms with Gasteiger partial charge in [-0.2, -0.15) is 0 Å². The molecule has 0 rings (SSSR count). The van der Waals surface area contributed by atoms with E-state index in [-0.39, 0.29) is 6.10 Å². The molecule has 0 aliphatic heterocycles. The lowest BCUT2D eigenvalue weighted by molar-refractivity contribution is 0.1000. The van der Waals surface area contributed by atoms with Gasteiger partial charge in [0.05, 0.1) is 6.10 Å². The Bertz CT molecular complexity index is 240. The SMILES string of the molecule is CC#CCC(C=CC=CCCC)OCC. The van der Waals surface area contributed by atoms with Crippen LogP contribution in [-0.2, 0) is 4.74 Å². The number of unbranched alkanes of at least 4 members (excludes halogenated alkanes) is 1. The van der Waals surface area contributed by atoms with Crippen LogP contribution in [0.2, 0.25) is 0 Å². The predicted octanol–water partition coefficient (Wildman–Crippen LogP) is 3.72. The molecule has 0 N–H and O–H groups in total. The van der Waals surface area contributed by atoms with Crippen molar-refractivity contribution in [2.45, 2.75) is 46.1 Å². The highest BCUT2D eigenvalue weighted by molar-refractivity contribution is 5.08. The molecule has 84 valence electrons. The van der Waals surface area contributed by atoms with E-state index in [0.717, 1.165) is 19.4 Å². The van der Waals surface area contributed by atoms with Crippen molar-refractivity contribution in [3.63, 3.8) is 0 Å². The summed E-state index contributed by atoms with van der Waals surface area (Å²) in [5, 5.41) is 0. The van der Waals surface area contributed by atoms with Crippen LogP contribution in [0.1, 0.15) is 40.0 Å². The van der Waals surface area contributed by atoms with Gasteiger partial charge < -0.3 is 4.74 Å². The van der Waals surface area contributed by atoms with Gasteiger partial charge in [0.2, 0.25) is 0 Å². The first-order valence-corrected chi connectivity index (χ1v) is 5.69. The average molecular weight is 206 g/mol. The molecule has 0 aromatic carbocycles. The number of hydrogen-bond acceptors (Lipinski definition) is 1. The lowest BCUT2D eigenvalue weighted by Crippen LogP contribution is -2.08. The molecule has 0 radical (unpaired) electrons. The van der Waals surface area contributed by atoms with Crippen molar-refractivity contribution in [3.05, 3.63) is 24.3 Å². The number of allylic oxidation sites excluding steroid dienone is 3. The van der Waals surface area contributed by atoms with Crippen LogP contribution in [-0.4, -0.2) is 12.7 Å². The second-order valence-corrected chi connectivity index (χ2v) is 3.23. The Morgan fingerprint density at radius 2 is 2.07 bits per heavy atom. The highest BCUT2D eigenvalue weighted by Gasteiger charge is 1.99. The van der Waals surface area contributed by atoms with Crippen molar-refractivity contribution in [1.82, 2.24) is 0 Å². The molecule has 0 aliphatic carbocycles. The molecule has 0 aromatic rings. The average Bonchev–Trinajstić information content (AvgIpc) is 2.25. The van der Waals surface area contributed by atoms with Crippen LogP contribution < -0.4 is 0 Å². The van der Waals surface area contributed by atoms with E-state index >= 15 is 0 Å². The van der Waals surface area contributed by atoms with Crippen LogP contribution in [0.25, 0.3) is 0 Å². The van der Waals surface area contributed by atoms with Gasteiger partial charge in [-0.1, -0.05) is 37.6 Å².